The smallest absolute Gasteiger partial charge is 0.307 e. The van der Waals surface area contributed by atoms with Crippen molar-refractivity contribution in [1.29, 1.82) is 0 Å². The Morgan fingerprint density at radius 3 is 2.56 bits per heavy atom. The lowest BCUT2D eigenvalue weighted by Crippen LogP contribution is -2.19. The molecule has 1 atom stereocenters. The van der Waals surface area contributed by atoms with E-state index < -0.39 is 0 Å². The first-order valence-electron chi connectivity index (χ1n) is 8.56. The first kappa shape index (κ1) is 16.2. The zero-order chi connectivity index (χ0) is 17.4. The van der Waals surface area contributed by atoms with E-state index in [4.69, 9.17) is 0 Å². The second-order valence-electron chi connectivity index (χ2n) is 7.39. The molecule has 3 aromatic rings. The summed E-state index contributed by atoms with van der Waals surface area (Å²) in [7, 11) is 0. The second-order valence-corrected chi connectivity index (χ2v) is 8.46. The van der Waals surface area contributed by atoms with Gasteiger partial charge in [-0.1, -0.05) is 66.8 Å². The third kappa shape index (κ3) is 3.40. The fourth-order valence-electron chi connectivity index (χ4n) is 3.98. The van der Waals surface area contributed by atoms with Crippen LogP contribution in [0.15, 0.2) is 53.3 Å². The second kappa shape index (κ2) is 6.19. The molecule has 2 N–H and O–H groups in total. The van der Waals surface area contributed by atoms with Crippen molar-refractivity contribution in [2.45, 2.75) is 32.6 Å². The molecule has 0 aliphatic heterocycles. The van der Waals surface area contributed by atoms with Gasteiger partial charge in [-0.3, -0.25) is 9.78 Å². The molecule has 0 spiro atoms. The average molecular weight is 351 g/mol. The quantitative estimate of drug-likeness (QED) is 0.744. The Morgan fingerprint density at radius 1 is 1.08 bits per heavy atom. The summed E-state index contributed by atoms with van der Waals surface area (Å²) in [5.74, 6) is 0.00409. The van der Waals surface area contributed by atoms with Gasteiger partial charge in [-0.25, -0.2) is 0 Å². The lowest BCUT2D eigenvalue weighted by molar-refractivity contribution is 0.343. The molecule has 0 saturated heterocycles. The topological polar surface area (TPSA) is 53.1 Å². The van der Waals surface area contributed by atoms with E-state index in [1.54, 1.807) is 0 Å². The van der Waals surface area contributed by atoms with Crippen LogP contribution in [0.1, 0.15) is 34.1 Å². The van der Waals surface area contributed by atoms with Gasteiger partial charge in [-0.2, -0.15) is 0 Å². The maximum atomic E-state index is 11.4. The van der Waals surface area contributed by atoms with Crippen LogP contribution in [0.25, 0.3) is 0 Å². The Morgan fingerprint density at radius 2 is 1.84 bits per heavy atom. The van der Waals surface area contributed by atoms with Crippen LogP contribution >= 0.6 is 11.3 Å². The minimum atomic E-state index is -0.205. The molecule has 2 aromatic carbocycles. The van der Waals surface area contributed by atoms with E-state index in [0.717, 1.165) is 36.2 Å². The number of aromatic hydroxyl groups is 1. The normalized spacial score (nSPS) is 19.1. The molecule has 0 amide bonds. The predicted molar refractivity (Wildman–Crippen MR) is 102 cm³/mol. The standard InChI is InChI=1S/C21H21NO2S/c1-21(11-14-5-3-2-4-6-14)12-16-8-7-15(9-17(16)13-21)10-18-19(23)22-20(24)25-18/h2-9,23H,10-13H2,1H3,(H,22,24). The summed E-state index contributed by atoms with van der Waals surface area (Å²) in [6, 6.07) is 17.3. The van der Waals surface area contributed by atoms with Gasteiger partial charge in [0.2, 0.25) is 5.88 Å². The van der Waals surface area contributed by atoms with Gasteiger partial charge >= 0.3 is 4.87 Å². The van der Waals surface area contributed by atoms with Gasteiger partial charge < -0.3 is 5.11 Å². The Balaban J connectivity index is 1.54. The number of nitrogens with one attached hydrogen (secondary N) is 1. The van der Waals surface area contributed by atoms with E-state index >= 15 is 0 Å². The zero-order valence-corrected chi connectivity index (χ0v) is 15.0. The van der Waals surface area contributed by atoms with Gasteiger partial charge in [0, 0.05) is 6.42 Å². The summed E-state index contributed by atoms with van der Waals surface area (Å²) < 4.78 is 0. The van der Waals surface area contributed by atoms with E-state index in [0.29, 0.717) is 11.3 Å². The molecule has 1 aromatic heterocycles. The summed E-state index contributed by atoms with van der Waals surface area (Å²) in [5, 5.41) is 9.79. The van der Waals surface area contributed by atoms with Gasteiger partial charge in [0.1, 0.15) is 0 Å². The van der Waals surface area contributed by atoms with Gasteiger partial charge in [0.15, 0.2) is 0 Å². The number of fused-ring (bicyclic) bond motifs is 1. The van der Waals surface area contributed by atoms with Gasteiger partial charge in [0.05, 0.1) is 4.88 Å². The van der Waals surface area contributed by atoms with Crippen molar-refractivity contribution in [2.75, 3.05) is 0 Å². The minimum Gasteiger partial charge on any atom is -0.494 e. The largest absolute Gasteiger partial charge is 0.494 e. The molecule has 4 heteroatoms. The van der Waals surface area contributed by atoms with Crippen molar-refractivity contribution in [1.82, 2.24) is 4.98 Å². The Kier molecular flexibility index (Phi) is 4.00. The van der Waals surface area contributed by atoms with Gasteiger partial charge in [-0.15, -0.1) is 0 Å². The van der Waals surface area contributed by atoms with Crippen molar-refractivity contribution in [3.8, 4) is 5.88 Å². The molecule has 0 saturated carbocycles. The summed E-state index contributed by atoms with van der Waals surface area (Å²) in [6.07, 6.45) is 3.84. The molecule has 1 unspecified atom stereocenters. The third-order valence-electron chi connectivity index (χ3n) is 5.04. The number of hydrogen-bond donors (Lipinski definition) is 2. The van der Waals surface area contributed by atoms with Crippen LogP contribution in [-0.2, 0) is 25.7 Å². The average Bonchev–Trinajstić information content (AvgIpc) is 3.06. The van der Waals surface area contributed by atoms with Crippen LogP contribution < -0.4 is 4.87 Å². The minimum absolute atomic E-state index is 0.00409. The van der Waals surface area contributed by atoms with Crippen molar-refractivity contribution in [2.24, 2.45) is 5.41 Å². The van der Waals surface area contributed by atoms with Gasteiger partial charge in [0.25, 0.3) is 0 Å². The molecule has 0 radical (unpaired) electrons. The monoisotopic (exact) mass is 351 g/mol. The molecule has 0 fully saturated rings. The van der Waals surface area contributed by atoms with Crippen LogP contribution in [0.5, 0.6) is 5.88 Å². The summed E-state index contributed by atoms with van der Waals surface area (Å²) in [5.41, 5.74) is 5.61. The fourth-order valence-corrected chi connectivity index (χ4v) is 4.74. The van der Waals surface area contributed by atoms with Crippen LogP contribution in [0.2, 0.25) is 0 Å². The number of benzene rings is 2. The van der Waals surface area contributed by atoms with E-state index in [-0.39, 0.29) is 16.2 Å². The SMILES string of the molecule is CC1(Cc2ccccc2)Cc2ccc(Cc3sc(=O)[nH]c3O)cc2C1. The number of aromatic amines is 1. The Labute approximate surface area is 151 Å². The lowest BCUT2D eigenvalue weighted by Gasteiger charge is -2.23. The van der Waals surface area contributed by atoms with E-state index in [9.17, 15) is 9.90 Å². The molecule has 1 aliphatic carbocycles. The van der Waals surface area contributed by atoms with E-state index in [2.05, 4.69) is 60.4 Å². The number of H-pyrrole nitrogens is 1. The van der Waals surface area contributed by atoms with Crippen LogP contribution in [0.4, 0.5) is 0 Å². The maximum absolute atomic E-state index is 11.4. The Bertz CT molecular complexity index is 958. The molecular formula is C21H21NO2S. The molecule has 25 heavy (non-hydrogen) atoms. The van der Waals surface area contributed by atoms with Crippen LogP contribution in [0, 0.1) is 5.41 Å². The summed E-state index contributed by atoms with van der Waals surface area (Å²) in [4.78, 5) is 14.3. The number of aromatic nitrogens is 1. The van der Waals surface area contributed by atoms with E-state index in [1.165, 1.54) is 16.7 Å². The van der Waals surface area contributed by atoms with Crippen molar-refractivity contribution < 1.29 is 5.11 Å². The molecule has 128 valence electrons. The van der Waals surface area contributed by atoms with Crippen molar-refractivity contribution in [3.05, 3.63) is 85.3 Å². The van der Waals surface area contributed by atoms with Gasteiger partial charge in [-0.05, 0) is 46.9 Å². The molecule has 1 aliphatic rings. The summed E-state index contributed by atoms with van der Waals surface area (Å²) >= 11 is 1.08. The molecule has 3 nitrogen and oxygen atoms in total. The molecular weight excluding hydrogens is 330 g/mol. The first-order chi connectivity index (χ1) is 12.0. The summed E-state index contributed by atoms with van der Waals surface area (Å²) in [6.45, 7) is 2.36. The van der Waals surface area contributed by atoms with Crippen molar-refractivity contribution >= 4 is 11.3 Å². The van der Waals surface area contributed by atoms with E-state index in [1.807, 2.05) is 0 Å². The highest BCUT2D eigenvalue weighted by Crippen LogP contribution is 2.40. The number of rotatable bonds is 4. The number of thiazole rings is 1. The first-order valence-corrected chi connectivity index (χ1v) is 9.38. The Hall–Kier alpha value is -2.33. The highest BCUT2D eigenvalue weighted by atomic mass is 32.1. The molecule has 1 heterocycles. The maximum Gasteiger partial charge on any atom is 0.307 e. The highest BCUT2D eigenvalue weighted by Gasteiger charge is 2.33. The molecule has 0 bridgehead atoms. The fraction of sp³-hybridized carbons (Fsp3) is 0.286. The van der Waals surface area contributed by atoms with Crippen LogP contribution in [0.3, 0.4) is 0 Å². The van der Waals surface area contributed by atoms with Crippen molar-refractivity contribution in [3.63, 3.8) is 0 Å². The third-order valence-corrected chi connectivity index (χ3v) is 5.92. The lowest BCUT2D eigenvalue weighted by atomic mass is 9.81. The molecule has 4 rings (SSSR count). The van der Waals surface area contributed by atoms with Crippen LogP contribution in [-0.4, -0.2) is 10.1 Å². The predicted octanol–water partition coefficient (Wildman–Crippen LogP) is 4.08. The zero-order valence-electron chi connectivity index (χ0n) is 14.2. The number of hydrogen-bond acceptors (Lipinski definition) is 3. The highest BCUT2D eigenvalue weighted by molar-refractivity contribution is 7.09.